The third-order valence-corrected chi connectivity index (χ3v) is 3.91. The number of amides is 1. The maximum atomic E-state index is 12.5. The van der Waals surface area contributed by atoms with E-state index in [1.165, 1.54) is 0 Å². The quantitative estimate of drug-likeness (QED) is 0.848. The second-order valence-corrected chi connectivity index (χ2v) is 5.14. The van der Waals surface area contributed by atoms with Gasteiger partial charge in [0.05, 0.1) is 17.3 Å². The number of benzene rings is 1. The molecule has 2 aliphatic rings. The van der Waals surface area contributed by atoms with Gasteiger partial charge in [0, 0.05) is 18.7 Å². The second-order valence-electron chi connectivity index (χ2n) is 4.70. The van der Waals surface area contributed by atoms with Crippen LogP contribution in [0.2, 0.25) is 5.02 Å². The van der Waals surface area contributed by atoms with E-state index in [4.69, 9.17) is 16.3 Å². The number of halogens is 1. The van der Waals surface area contributed by atoms with E-state index in [0.717, 1.165) is 25.1 Å². The third-order valence-electron chi connectivity index (χ3n) is 3.67. The van der Waals surface area contributed by atoms with Gasteiger partial charge in [-0.05, 0) is 31.0 Å². The van der Waals surface area contributed by atoms with Crippen LogP contribution in [0.15, 0.2) is 18.2 Å². The van der Waals surface area contributed by atoms with E-state index in [1.54, 1.807) is 25.3 Å². The Labute approximate surface area is 111 Å². The first-order valence-corrected chi connectivity index (χ1v) is 6.48. The summed E-state index contributed by atoms with van der Waals surface area (Å²) in [6.07, 6.45) is 1.83. The average molecular weight is 267 g/mol. The molecule has 2 unspecified atom stereocenters. The summed E-state index contributed by atoms with van der Waals surface area (Å²) in [5, 5.41) is 3.90. The highest BCUT2D eigenvalue weighted by atomic mass is 35.5. The van der Waals surface area contributed by atoms with Crippen LogP contribution in [-0.4, -0.2) is 36.7 Å². The molecular formula is C13H15ClN2O2. The molecule has 1 amide bonds. The smallest absolute Gasteiger partial charge is 0.256 e. The predicted molar refractivity (Wildman–Crippen MR) is 69.9 cm³/mol. The van der Waals surface area contributed by atoms with Crippen molar-refractivity contribution < 1.29 is 9.53 Å². The number of rotatable bonds is 1. The normalized spacial score (nSPS) is 26.3. The van der Waals surface area contributed by atoms with E-state index < -0.39 is 0 Å². The highest BCUT2D eigenvalue weighted by Crippen LogP contribution is 2.32. The van der Waals surface area contributed by atoms with Crippen LogP contribution in [0.25, 0.3) is 0 Å². The Morgan fingerprint density at radius 1 is 1.50 bits per heavy atom. The lowest BCUT2D eigenvalue weighted by molar-refractivity contribution is 0.0420. The molecule has 5 heteroatoms. The zero-order chi connectivity index (χ0) is 12.7. The fraction of sp³-hybridized carbons (Fsp3) is 0.462. The molecule has 2 heterocycles. The lowest BCUT2D eigenvalue weighted by Crippen LogP contribution is -2.44. The van der Waals surface area contributed by atoms with Gasteiger partial charge in [0.1, 0.15) is 6.23 Å². The number of nitrogens with zero attached hydrogens (tertiary/aromatic N) is 1. The van der Waals surface area contributed by atoms with E-state index >= 15 is 0 Å². The van der Waals surface area contributed by atoms with E-state index in [0.29, 0.717) is 10.6 Å². The molecule has 18 heavy (non-hydrogen) atoms. The first kappa shape index (κ1) is 11.8. The van der Waals surface area contributed by atoms with Crippen LogP contribution in [0, 0.1) is 0 Å². The molecule has 1 fully saturated rings. The summed E-state index contributed by atoms with van der Waals surface area (Å²) in [4.78, 5) is 14.4. The monoisotopic (exact) mass is 266 g/mol. The van der Waals surface area contributed by atoms with Crippen LogP contribution in [0.4, 0.5) is 5.69 Å². The first-order valence-electron chi connectivity index (χ1n) is 6.10. The van der Waals surface area contributed by atoms with Crippen LogP contribution < -0.4 is 5.32 Å². The highest BCUT2D eigenvalue weighted by molar-refractivity contribution is 6.31. The van der Waals surface area contributed by atoms with Gasteiger partial charge < -0.3 is 15.0 Å². The second kappa shape index (κ2) is 4.44. The Balaban J connectivity index is 2.07. The molecule has 0 spiro atoms. The van der Waals surface area contributed by atoms with E-state index in [-0.39, 0.29) is 18.2 Å². The van der Waals surface area contributed by atoms with E-state index in [2.05, 4.69) is 5.32 Å². The third kappa shape index (κ3) is 1.76. The molecule has 2 atom stereocenters. The van der Waals surface area contributed by atoms with E-state index in [9.17, 15) is 4.79 Å². The summed E-state index contributed by atoms with van der Waals surface area (Å²) in [5.41, 5.74) is 1.43. The molecule has 3 rings (SSSR count). The Bertz CT molecular complexity index is 492. The largest absolute Gasteiger partial charge is 0.360 e. The summed E-state index contributed by atoms with van der Waals surface area (Å²) >= 11 is 5.98. The van der Waals surface area contributed by atoms with Crippen molar-refractivity contribution in [3.8, 4) is 0 Å². The Hall–Kier alpha value is -1.26. The maximum Gasteiger partial charge on any atom is 0.256 e. The average Bonchev–Trinajstić information content (AvgIpc) is 2.80. The fourth-order valence-corrected chi connectivity index (χ4v) is 2.97. The summed E-state index contributed by atoms with van der Waals surface area (Å²) in [6, 6.07) is 5.41. The number of nitrogens with one attached hydrogen (secondary N) is 1. The minimum absolute atomic E-state index is 0.0659. The zero-order valence-corrected chi connectivity index (χ0v) is 10.9. The molecule has 0 radical (unpaired) electrons. The van der Waals surface area contributed by atoms with Gasteiger partial charge in [-0.15, -0.1) is 0 Å². The number of anilines is 1. The topological polar surface area (TPSA) is 41.6 Å². The first-order chi connectivity index (χ1) is 8.70. The number of fused-ring (bicyclic) bond motifs is 2. The van der Waals surface area contributed by atoms with Crippen LogP contribution in [0.1, 0.15) is 23.2 Å². The van der Waals surface area contributed by atoms with Crippen molar-refractivity contribution in [3.05, 3.63) is 28.8 Å². The molecule has 1 saturated heterocycles. The van der Waals surface area contributed by atoms with E-state index in [1.807, 2.05) is 4.90 Å². The maximum absolute atomic E-state index is 12.5. The molecule has 0 aromatic heterocycles. The highest BCUT2D eigenvalue weighted by Gasteiger charge is 2.39. The summed E-state index contributed by atoms with van der Waals surface area (Å²) in [5.74, 6) is 0.0659. The molecule has 1 aromatic rings. The van der Waals surface area contributed by atoms with Crippen molar-refractivity contribution in [1.29, 1.82) is 0 Å². The minimum atomic E-state index is -0.170. The molecule has 96 valence electrons. The molecule has 1 aromatic carbocycles. The molecule has 0 bridgehead atoms. The zero-order valence-electron chi connectivity index (χ0n) is 10.1. The van der Waals surface area contributed by atoms with Gasteiger partial charge in [0.2, 0.25) is 0 Å². The number of methoxy groups -OCH3 is 1. The number of carbonyl (C=O) groups excluding carboxylic acids is 1. The number of hydrogen-bond acceptors (Lipinski definition) is 3. The van der Waals surface area contributed by atoms with Crippen molar-refractivity contribution in [2.24, 2.45) is 0 Å². The standard InChI is InChI=1S/C13H15ClN2O2/c1-18-12-11-3-2-6-16(11)13(17)9-5-4-8(14)7-10(9)15-12/h4-5,7,11-12,15H,2-3,6H2,1H3. The Kier molecular flexibility index (Phi) is 2.92. The van der Waals surface area contributed by atoms with Crippen LogP contribution in [0.5, 0.6) is 0 Å². The van der Waals surface area contributed by atoms with Crippen LogP contribution in [0.3, 0.4) is 0 Å². The van der Waals surface area contributed by atoms with Crippen molar-refractivity contribution >= 4 is 23.2 Å². The number of ether oxygens (including phenoxy) is 1. The van der Waals surface area contributed by atoms with Gasteiger partial charge in [-0.3, -0.25) is 4.79 Å². The van der Waals surface area contributed by atoms with Gasteiger partial charge in [-0.2, -0.15) is 0 Å². The van der Waals surface area contributed by atoms with Crippen LogP contribution >= 0.6 is 11.6 Å². The molecule has 1 N–H and O–H groups in total. The Morgan fingerprint density at radius 2 is 2.33 bits per heavy atom. The summed E-state index contributed by atoms with van der Waals surface area (Å²) in [6.45, 7) is 0.799. The van der Waals surface area contributed by atoms with Crippen molar-refractivity contribution in [3.63, 3.8) is 0 Å². The SMILES string of the molecule is COC1Nc2cc(Cl)ccc2C(=O)N2CCCC12. The summed E-state index contributed by atoms with van der Waals surface area (Å²) < 4.78 is 5.48. The van der Waals surface area contributed by atoms with Crippen molar-refractivity contribution in [2.45, 2.75) is 25.1 Å². The predicted octanol–water partition coefficient (Wildman–Crippen LogP) is 2.34. The van der Waals surface area contributed by atoms with Crippen molar-refractivity contribution in [1.82, 2.24) is 4.90 Å². The molecular weight excluding hydrogens is 252 g/mol. The molecule has 0 aliphatic carbocycles. The van der Waals surface area contributed by atoms with Gasteiger partial charge >= 0.3 is 0 Å². The molecule has 2 aliphatic heterocycles. The fourth-order valence-electron chi connectivity index (χ4n) is 2.80. The lowest BCUT2D eigenvalue weighted by atomic mass is 10.1. The van der Waals surface area contributed by atoms with Crippen LogP contribution in [-0.2, 0) is 4.74 Å². The molecule has 4 nitrogen and oxygen atoms in total. The molecule has 0 saturated carbocycles. The summed E-state index contributed by atoms with van der Waals surface area (Å²) in [7, 11) is 1.66. The number of carbonyl (C=O) groups is 1. The minimum Gasteiger partial charge on any atom is -0.360 e. The van der Waals surface area contributed by atoms with Gasteiger partial charge in [-0.1, -0.05) is 11.6 Å². The van der Waals surface area contributed by atoms with Gasteiger partial charge in [0.25, 0.3) is 5.91 Å². The van der Waals surface area contributed by atoms with Gasteiger partial charge in [-0.25, -0.2) is 0 Å². The van der Waals surface area contributed by atoms with Crippen molar-refractivity contribution in [2.75, 3.05) is 19.0 Å². The lowest BCUT2D eigenvalue weighted by Gasteiger charge is -2.28. The Morgan fingerprint density at radius 3 is 3.11 bits per heavy atom. The number of hydrogen-bond donors (Lipinski definition) is 1. The van der Waals surface area contributed by atoms with Gasteiger partial charge in [0.15, 0.2) is 0 Å².